The third-order valence-electron chi connectivity index (χ3n) is 6.46. The number of nitrogens with zero attached hydrogens (tertiary/aromatic N) is 4. The van der Waals surface area contributed by atoms with E-state index in [1.807, 2.05) is 0 Å². The van der Waals surface area contributed by atoms with Crippen LogP contribution in [0.1, 0.15) is 34.6 Å². The van der Waals surface area contributed by atoms with Crippen LogP contribution in [-0.2, 0) is 10.2 Å². The number of alkyl halides is 3. The Labute approximate surface area is 212 Å². The summed E-state index contributed by atoms with van der Waals surface area (Å²) in [5.41, 5.74) is 4.44. The first-order chi connectivity index (χ1) is 18.0. The van der Waals surface area contributed by atoms with E-state index in [1.54, 1.807) is 0 Å². The molecule has 13 heteroatoms. The van der Waals surface area contributed by atoms with E-state index in [1.165, 1.54) is 48.1 Å². The molecule has 3 aromatic heterocycles. The van der Waals surface area contributed by atoms with Crippen LogP contribution in [0.5, 0.6) is 5.75 Å². The maximum atomic E-state index is 14.3. The number of fused-ring (bicyclic) bond motifs is 2. The van der Waals surface area contributed by atoms with Crippen LogP contribution in [0.15, 0.2) is 54.9 Å². The van der Waals surface area contributed by atoms with Crippen molar-refractivity contribution >= 4 is 17.5 Å². The Hall–Kier alpha value is -4.55. The number of hydrogen-bond donors (Lipinski definition) is 2. The fourth-order valence-corrected chi connectivity index (χ4v) is 4.20. The highest BCUT2D eigenvalue weighted by atomic mass is 19.4. The van der Waals surface area contributed by atoms with E-state index in [2.05, 4.69) is 20.4 Å². The maximum absolute atomic E-state index is 14.3. The number of primary amides is 1. The number of benzene rings is 1. The number of pyridine rings is 1. The molecule has 1 aliphatic rings. The summed E-state index contributed by atoms with van der Waals surface area (Å²) in [6.45, 7) is 0.392. The number of amides is 2. The topological polar surface area (TPSA) is 125 Å². The lowest BCUT2D eigenvalue weighted by atomic mass is 9.82. The summed E-state index contributed by atoms with van der Waals surface area (Å²) >= 11 is 0. The van der Waals surface area contributed by atoms with E-state index >= 15 is 0 Å². The van der Waals surface area contributed by atoms with Crippen LogP contribution >= 0.6 is 0 Å². The monoisotopic (exact) mass is 528 g/mol. The second-order valence-electron chi connectivity index (χ2n) is 9.02. The molecule has 0 bridgehead atoms. The lowest BCUT2D eigenvalue weighted by molar-refractivity contribution is -0.149. The first kappa shape index (κ1) is 25.1. The highest BCUT2D eigenvalue weighted by molar-refractivity contribution is 5.92. The summed E-state index contributed by atoms with van der Waals surface area (Å²) in [4.78, 5) is 33.2. The maximum Gasteiger partial charge on any atom is 0.398 e. The predicted molar refractivity (Wildman–Crippen MR) is 126 cm³/mol. The van der Waals surface area contributed by atoms with Crippen LogP contribution < -0.4 is 15.8 Å². The van der Waals surface area contributed by atoms with Gasteiger partial charge in [-0.05, 0) is 49.4 Å². The molecule has 0 fully saturated rings. The molecule has 38 heavy (non-hydrogen) atoms. The Bertz CT molecular complexity index is 1550. The van der Waals surface area contributed by atoms with Gasteiger partial charge in [-0.25, -0.2) is 18.9 Å². The van der Waals surface area contributed by atoms with Crippen LogP contribution in [0.25, 0.3) is 16.9 Å². The Morgan fingerprint density at radius 1 is 1.21 bits per heavy atom. The molecule has 1 aliphatic heterocycles. The quantitative estimate of drug-likeness (QED) is 0.371. The number of ether oxygens (including phenoxy) is 1. The van der Waals surface area contributed by atoms with Crippen molar-refractivity contribution in [2.45, 2.75) is 24.4 Å². The van der Waals surface area contributed by atoms with Crippen LogP contribution in [0.2, 0.25) is 0 Å². The molecule has 5 rings (SSSR count). The number of halogens is 4. The molecule has 0 aliphatic carbocycles. The third kappa shape index (κ3) is 4.40. The summed E-state index contributed by atoms with van der Waals surface area (Å²) in [5.74, 6) is -4.35. The lowest BCUT2D eigenvalue weighted by Gasteiger charge is -2.24. The lowest BCUT2D eigenvalue weighted by Crippen LogP contribution is -2.40. The van der Waals surface area contributed by atoms with Crippen LogP contribution in [0.4, 0.5) is 17.6 Å². The van der Waals surface area contributed by atoms with Crippen LogP contribution in [0.3, 0.4) is 0 Å². The third-order valence-corrected chi connectivity index (χ3v) is 6.46. The van der Waals surface area contributed by atoms with Gasteiger partial charge in [0.1, 0.15) is 40.9 Å². The van der Waals surface area contributed by atoms with Crippen molar-refractivity contribution in [1.82, 2.24) is 24.9 Å². The fraction of sp³-hybridized carbons (Fsp3) is 0.240. The Morgan fingerprint density at radius 3 is 2.63 bits per heavy atom. The van der Waals surface area contributed by atoms with Gasteiger partial charge >= 0.3 is 6.18 Å². The van der Waals surface area contributed by atoms with E-state index in [9.17, 15) is 27.2 Å². The van der Waals surface area contributed by atoms with Crippen molar-refractivity contribution in [3.05, 3.63) is 77.6 Å². The molecule has 0 saturated carbocycles. The predicted octanol–water partition coefficient (Wildman–Crippen LogP) is 3.14. The van der Waals surface area contributed by atoms with E-state index < -0.39 is 47.4 Å². The number of nitrogens with two attached hydrogens (primary N) is 1. The van der Waals surface area contributed by atoms with E-state index in [0.29, 0.717) is 5.65 Å². The molecular formula is C25H20F4N6O3. The molecule has 0 radical (unpaired) electrons. The summed E-state index contributed by atoms with van der Waals surface area (Å²) < 4.78 is 63.5. The van der Waals surface area contributed by atoms with Crippen molar-refractivity contribution in [3.8, 4) is 17.0 Å². The Morgan fingerprint density at radius 2 is 1.95 bits per heavy atom. The van der Waals surface area contributed by atoms with E-state index in [0.717, 1.165) is 18.2 Å². The SMILES string of the molecule is C[C@]1(C(N)=O)COc2c1cc(C(CNC(=O)c1ccc3nccn3n1)C(F)(F)F)nc2-c1ccc(F)cc1. The number of hydrogen-bond acceptors (Lipinski definition) is 6. The molecular weight excluding hydrogens is 508 g/mol. The van der Waals surface area contributed by atoms with Gasteiger partial charge in [0.05, 0.1) is 5.69 Å². The molecule has 2 atom stereocenters. The van der Waals surface area contributed by atoms with E-state index in [4.69, 9.17) is 10.5 Å². The minimum atomic E-state index is -4.83. The Balaban J connectivity index is 1.54. The normalized spacial score (nSPS) is 17.6. The second-order valence-corrected chi connectivity index (χ2v) is 9.02. The number of nitrogens with one attached hydrogen (secondary N) is 1. The minimum Gasteiger partial charge on any atom is -0.489 e. The molecule has 3 N–H and O–H groups in total. The highest BCUT2D eigenvalue weighted by Gasteiger charge is 2.47. The first-order valence-electron chi connectivity index (χ1n) is 11.4. The van der Waals surface area contributed by atoms with Gasteiger partial charge in [0.2, 0.25) is 5.91 Å². The van der Waals surface area contributed by atoms with E-state index in [-0.39, 0.29) is 34.9 Å². The average molecular weight is 528 g/mol. The van der Waals surface area contributed by atoms with Crippen molar-refractivity contribution < 1.29 is 31.9 Å². The van der Waals surface area contributed by atoms with Gasteiger partial charge in [-0.2, -0.15) is 18.3 Å². The van der Waals surface area contributed by atoms with Gasteiger partial charge in [-0.1, -0.05) is 0 Å². The Kier molecular flexibility index (Phi) is 6.00. The molecule has 0 spiro atoms. The summed E-state index contributed by atoms with van der Waals surface area (Å²) in [6.07, 6.45) is -1.88. The summed E-state index contributed by atoms with van der Waals surface area (Å²) in [6, 6.07) is 8.91. The highest BCUT2D eigenvalue weighted by Crippen LogP contribution is 2.46. The molecule has 1 unspecified atom stereocenters. The van der Waals surface area contributed by atoms with Gasteiger partial charge in [0.15, 0.2) is 5.65 Å². The molecule has 0 saturated heterocycles. The molecule has 9 nitrogen and oxygen atoms in total. The number of rotatable bonds is 6. The van der Waals surface area contributed by atoms with Crippen molar-refractivity contribution in [2.75, 3.05) is 13.2 Å². The van der Waals surface area contributed by atoms with Crippen molar-refractivity contribution in [3.63, 3.8) is 0 Å². The number of imidazole rings is 1. The van der Waals surface area contributed by atoms with Gasteiger partial charge in [-0.3, -0.25) is 9.59 Å². The summed E-state index contributed by atoms with van der Waals surface area (Å²) in [5, 5.41) is 6.31. The smallest absolute Gasteiger partial charge is 0.398 e. The molecule has 2 amide bonds. The van der Waals surface area contributed by atoms with Gasteiger partial charge in [-0.15, -0.1) is 0 Å². The standard InChI is InChI=1S/C25H20F4N6O3/c1-24(23(30)37)12-38-21-15(24)10-18(33-20(21)13-2-4-14(26)5-3-13)16(25(27,28)29)11-32-22(36)17-6-7-19-31-8-9-35(19)34-17/h2-10,16H,11-12H2,1H3,(H2,30,37)(H,32,36)/t16?,24-/m0/s1. The second kappa shape index (κ2) is 9.08. The van der Waals surface area contributed by atoms with Gasteiger partial charge < -0.3 is 15.8 Å². The zero-order chi connectivity index (χ0) is 27.2. The largest absolute Gasteiger partial charge is 0.489 e. The minimum absolute atomic E-state index is 0.00437. The van der Waals surface area contributed by atoms with Crippen LogP contribution in [0, 0.1) is 5.82 Å². The fourth-order valence-electron chi connectivity index (χ4n) is 4.20. The number of aromatic nitrogens is 4. The first-order valence-corrected chi connectivity index (χ1v) is 11.4. The summed E-state index contributed by atoms with van der Waals surface area (Å²) in [7, 11) is 0. The molecule has 4 aromatic rings. The average Bonchev–Trinajstić information content (AvgIpc) is 3.48. The van der Waals surface area contributed by atoms with Gasteiger partial charge in [0.25, 0.3) is 5.91 Å². The number of carbonyl (C=O) groups is 2. The van der Waals surface area contributed by atoms with Crippen molar-refractivity contribution in [1.29, 1.82) is 0 Å². The number of carbonyl (C=O) groups excluding carboxylic acids is 2. The van der Waals surface area contributed by atoms with Gasteiger partial charge in [0, 0.05) is 30.1 Å². The molecule has 4 heterocycles. The zero-order valence-corrected chi connectivity index (χ0v) is 19.8. The van der Waals surface area contributed by atoms with Crippen LogP contribution in [-0.4, -0.2) is 50.7 Å². The molecule has 196 valence electrons. The zero-order valence-electron chi connectivity index (χ0n) is 19.8. The molecule has 1 aromatic carbocycles. The van der Waals surface area contributed by atoms with Crippen molar-refractivity contribution in [2.24, 2.45) is 5.73 Å².